The molecule has 2 aromatic rings. The number of benzene rings is 1. The monoisotopic (exact) mass is 397 g/mol. The summed E-state index contributed by atoms with van der Waals surface area (Å²) in [6, 6.07) is 13.8. The predicted octanol–water partition coefficient (Wildman–Crippen LogP) is 3.73. The highest BCUT2D eigenvalue weighted by Gasteiger charge is 2.34. The molecule has 1 aromatic carbocycles. The smallest absolute Gasteiger partial charge is 0.266 e. The maximum absolute atomic E-state index is 12.7. The first kappa shape index (κ1) is 22.2. The lowest BCUT2D eigenvalue weighted by Crippen LogP contribution is -2.46. The van der Waals surface area contributed by atoms with Crippen molar-refractivity contribution < 1.29 is 9.53 Å². The van der Waals surface area contributed by atoms with Crippen molar-refractivity contribution in [2.75, 3.05) is 31.1 Å². The zero-order chi connectivity index (χ0) is 16.9. The van der Waals surface area contributed by atoms with E-state index in [2.05, 4.69) is 35.9 Å². The summed E-state index contributed by atoms with van der Waals surface area (Å²) in [5.41, 5.74) is 1.11. The molecule has 5 nitrogen and oxygen atoms in total. The third kappa shape index (κ3) is 4.67. The Bertz CT molecular complexity index is 696. The molecule has 0 radical (unpaired) electrons. The highest BCUT2D eigenvalue weighted by Crippen LogP contribution is 2.35. The van der Waals surface area contributed by atoms with Gasteiger partial charge in [-0.2, -0.15) is 0 Å². The number of rotatable bonds is 6. The molecule has 0 bridgehead atoms. The molecule has 2 heterocycles. The number of hydrogen-bond donors (Lipinski definition) is 0. The summed E-state index contributed by atoms with van der Waals surface area (Å²) < 4.78 is 5.54. The van der Waals surface area contributed by atoms with Crippen LogP contribution >= 0.6 is 24.8 Å². The normalized spacial score (nSPS) is 14.0. The van der Waals surface area contributed by atoms with Crippen LogP contribution in [-0.2, 0) is 4.79 Å². The number of pyridine rings is 1. The number of halogens is 2. The second-order valence-corrected chi connectivity index (χ2v) is 5.79. The van der Waals surface area contributed by atoms with Crippen LogP contribution in [0.2, 0.25) is 0 Å². The third-order valence-corrected chi connectivity index (χ3v) is 4.42. The standard InChI is InChI=1S/C19H23N3O2.2ClH/c1-3-21(4-2)13-16(15-9-6-5-7-10-15)22-18(23)14-24-17-11-8-12-20-19(17)22;;/h5-12,16H,3-4,13-14H2,1-2H3;2*1H. The number of hydrogen-bond acceptors (Lipinski definition) is 4. The van der Waals surface area contributed by atoms with Gasteiger partial charge in [0, 0.05) is 12.7 Å². The SMILES string of the molecule is CCN(CC)CC(c1ccccc1)N1C(=O)COc2cccnc21.Cl.Cl. The second kappa shape index (κ2) is 10.4. The van der Waals surface area contributed by atoms with Crippen molar-refractivity contribution in [2.45, 2.75) is 19.9 Å². The van der Waals surface area contributed by atoms with Crippen LogP contribution in [0.25, 0.3) is 0 Å². The Morgan fingerprint density at radius 3 is 2.46 bits per heavy atom. The van der Waals surface area contributed by atoms with Gasteiger partial charge in [-0.1, -0.05) is 44.2 Å². The summed E-state index contributed by atoms with van der Waals surface area (Å²) in [6.45, 7) is 6.97. The van der Waals surface area contributed by atoms with E-state index in [9.17, 15) is 4.79 Å². The molecular weight excluding hydrogens is 373 g/mol. The fraction of sp³-hybridized carbons (Fsp3) is 0.368. The van der Waals surface area contributed by atoms with Gasteiger partial charge in [-0.05, 0) is 30.8 Å². The Kier molecular flexibility index (Phi) is 8.85. The summed E-state index contributed by atoms with van der Waals surface area (Å²) in [7, 11) is 0. The molecule has 0 N–H and O–H groups in total. The average Bonchev–Trinajstić information content (AvgIpc) is 2.64. The largest absolute Gasteiger partial charge is 0.480 e. The number of nitrogens with zero attached hydrogens (tertiary/aromatic N) is 3. The summed E-state index contributed by atoms with van der Waals surface area (Å²) in [5, 5.41) is 0. The summed E-state index contributed by atoms with van der Waals surface area (Å²) >= 11 is 0. The quantitative estimate of drug-likeness (QED) is 0.744. The molecule has 1 aliphatic rings. The number of carbonyl (C=O) groups is 1. The van der Waals surface area contributed by atoms with Crippen LogP contribution in [0.1, 0.15) is 25.5 Å². The highest BCUT2D eigenvalue weighted by atomic mass is 35.5. The van der Waals surface area contributed by atoms with Crippen LogP contribution in [0, 0.1) is 0 Å². The van der Waals surface area contributed by atoms with Crippen molar-refractivity contribution >= 4 is 36.5 Å². The zero-order valence-electron chi connectivity index (χ0n) is 15.0. The van der Waals surface area contributed by atoms with E-state index in [0.717, 1.165) is 25.2 Å². The molecule has 1 aliphatic heterocycles. The maximum Gasteiger partial charge on any atom is 0.266 e. The van der Waals surface area contributed by atoms with Gasteiger partial charge < -0.3 is 9.64 Å². The Morgan fingerprint density at radius 2 is 1.81 bits per heavy atom. The number of anilines is 1. The molecule has 1 aromatic heterocycles. The summed E-state index contributed by atoms with van der Waals surface area (Å²) in [5.74, 6) is 1.22. The molecule has 3 rings (SSSR count). The Hall–Kier alpha value is -1.82. The van der Waals surface area contributed by atoms with Crippen molar-refractivity contribution in [3.63, 3.8) is 0 Å². The van der Waals surface area contributed by atoms with E-state index in [0.29, 0.717) is 11.6 Å². The molecule has 0 aliphatic carbocycles. The van der Waals surface area contributed by atoms with Crippen LogP contribution in [0.5, 0.6) is 5.75 Å². The van der Waals surface area contributed by atoms with Crippen molar-refractivity contribution in [1.82, 2.24) is 9.88 Å². The van der Waals surface area contributed by atoms with E-state index in [1.807, 2.05) is 30.3 Å². The zero-order valence-corrected chi connectivity index (χ0v) is 16.6. The van der Waals surface area contributed by atoms with E-state index in [1.54, 1.807) is 11.1 Å². The molecule has 26 heavy (non-hydrogen) atoms. The van der Waals surface area contributed by atoms with Crippen molar-refractivity contribution in [2.24, 2.45) is 0 Å². The predicted molar refractivity (Wildman–Crippen MR) is 109 cm³/mol. The van der Waals surface area contributed by atoms with E-state index in [-0.39, 0.29) is 43.4 Å². The molecule has 0 saturated carbocycles. The highest BCUT2D eigenvalue weighted by molar-refractivity contribution is 5.97. The van der Waals surface area contributed by atoms with E-state index in [4.69, 9.17) is 4.74 Å². The lowest BCUT2D eigenvalue weighted by molar-refractivity contribution is -0.122. The van der Waals surface area contributed by atoms with Crippen molar-refractivity contribution in [3.05, 3.63) is 54.2 Å². The Morgan fingerprint density at radius 1 is 1.12 bits per heavy atom. The van der Waals surface area contributed by atoms with Gasteiger partial charge in [0.15, 0.2) is 18.2 Å². The van der Waals surface area contributed by atoms with E-state index in [1.165, 1.54) is 0 Å². The van der Waals surface area contributed by atoms with Gasteiger partial charge in [0.25, 0.3) is 5.91 Å². The van der Waals surface area contributed by atoms with E-state index >= 15 is 0 Å². The van der Waals surface area contributed by atoms with Gasteiger partial charge in [-0.3, -0.25) is 9.69 Å². The molecule has 7 heteroatoms. The van der Waals surface area contributed by atoms with Crippen LogP contribution < -0.4 is 9.64 Å². The number of aromatic nitrogens is 1. The maximum atomic E-state index is 12.7. The van der Waals surface area contributed by atoms with Gasteiger partial charge >= 0.3 is 0 Å². The Labute approximate surface area is 167 Å². The molecule has 142 valence electrons. The van der Waals surface area contributed by atoms with Crippen molar-refractivity contribution in [1.29, 1.82) is 0 Å². The van der Waals surface area contributed by atoms with Gasteiger partial charge in [0.2, 0.25) is 0 Å². The van der Waals surface area contributed by atoms with Crippen LogP contribution in [0.3, 0.4) is 0 Å². The minimum atomic E-state index is -0.0869. The Balaban J connectivity index is 0.00000169. The van der Waals surface area contributed by atoms with E-state index < -0.39 is 0 Å². The van der Waals surface area contributed by atoms with Gasteiger partial charge in [0.05, 0.1) is 6.04 Å². The van der Waals surface area contributed by atoms with Crippen LogP contribution in [-0.4, -0.2) is 42.0 Å². The number of amides is 1. The minimum absolute atomic E-state index is 0. The topological polar surface area (TPSA) is 45.7 Å². The minimum Gasteiger partial charge on any atom is -0.480 e. The molecule has 1 amide bonds. The summed E-state index contributed by atoms with van der Waals surface area (Å²) in [4.78, 5) is 21.2. The van der Waals surface area contributed by atoms with Crippen LogP contribution in [0.4, 0.5) is 5.82 Å². The second-order valence-electron chi connectivity index (χ2n) is 5.79. The number of likely N-dealkylation sites (N-methyl/N-ethyl adjacent to an activating group) is 1. The molecule has 1 unspecified atom stereocenters. The summed E-state index contributed by atoms with van der Waals surface area (Å²) in [6.07, 6.45) is 1.70. The molecule has 1 atom stereocenters. The third-order valence-electron chi connectivity index (χ3n) is 4.42. The van der Waals surface area contributed by atoms with Crippen molar-refractivity contribution in [3.8, 4) is 5.75 Å². The van der Waals surface area contributed by atoms with Gasteiger partial charge in [-0.15, -0.1) is 24.8 Å². The first-order valence-corrected chi connectivity index (χ1v) is 8.41. The number of ether oxygens (including phenoxy) is 1. The first-order valence-electron chi connectivity index (χ1n) is 8.41. The number of carbonyl (C=O) groups excluding carboxylic acids is 1. The lowest BCUT2D eigenvalue weighted by atomic mass is 10.0. The lowest BCUT2D eigenvalue weighted by Gasteiger charge is -2.37. The first-order chi connectivity index (χ1) is 11.7. The molecule has 0 spiro atoms. The van der Waals surface area contributed by atoms with Gasteiger partial charge in [-0.25, -0.2) is 4.98 Å². The fourth-order valence-corrected chi connectivity index (χ4v) is 3.06. The number of fused-ring (bicyclic) bond motifs is 1. The molecule has 0 saturated heterocycles. The van der Waals surface area contributed by atoms with Gasteiger partial charge in [0.1, 0.15) is 0 Å². The fourth-order valence-electron chi connectivity index (χ4n) is 3.06. The molecular formula is C19H25Cl2N3O2. The molecule has 0 fully saturated rings. The van der Waals surface area contributed by atoms with Crippen LogP contribution in [0.15, 0.2) is 48.7 Å². The average molecular weight is 398 g/mol.